The molecule has 0 aliphatic heterocycles. The predicted octanol–water partition coefficient (Wildman–Crippen LogP) is 1.65. The molecule has 62 valence electrons. The van der Waals surface area contributed by atoms with Gasteiger partial charge in [-0.3, -0.25) is 0 Å². The van der Waals surface area contributed by atoms with E-state index in [1.54, 1.807) is 0 Å². The van der Waals surface area contributed by atoms with Crippen molar-refractivity contribution >= 4 is 0 Å². The second kappa shape index (κ2) is 4.92. The van der Waals surface area contributed by atoms with Gasteiger partial charge in [0.15, 0.2) is 0 Å². The van der Waals surface area contributed by atoms with Crippen molar-refractivity contribution in [2.75, 3.05) is 20.6 Å². The van der Waals surface area contributed by atoms with Gasteiger partial charge in [-0.25, -0.2) is 0 Å². The van der Waals surface area contributed by atoms with E-state index in [-0.39, 0.29) is 5.92 Å². The van der Waals surface area contributed by atoms with Gasteiger partial charge in [-0.15, -0.1) is 0 Å². The van der Waals surface area contributed by atoms with Crippen molar-refractivity contribution in [2.45, 2.75) is 13.3 Å². The Morgan fingerprint density at radius 1 is 1.64 bits per heavy atom. The number of hydrogen-bond donors (Lipinski definition) is 0. The third-order valence-electron chi connectivity index (χ3n) is 1.62. The third-order valence-corrected chi connectivity index (χ3v) is 1.62. The fraction of sp³-hybridized carbons (Fsp3) is 0.667. The maximum absolute atomic E-state index is 8.68. The molecule has 1 unspecified atom stereocenters. The molecule has 0 heterocycles. The van der Waals surface area contributed by atoms with Crippen molar-refractivity contribution in [3.8, 4) is 6.07 Å². The van der Waals surface area contributed by atoms with Gasteiger partial charge in [0.25, 0.3) is 0 Å². The van der Waals surface area contributed by atoms with Gasteiger partial charge in [0.2, 0.25) is 0 Å². The van der Waals surface area contributed by atoms with Gasteiger partial charge >= 0.3 is 0 Å². The van der Waals surface area contributed by atoms with E-state index in [1.807, 2.05) is 21.0 Å². The molecular weight excluding hydrogens is 136 g/mol. The minimum Gasteiger partial charge on any atom is -0.309 e. The van der Waals surface area contributed by atoms with Crippen molar-refractivity contribution in [3.63, 3.8) is 0 Å². The van der Waals surface area contributed by atoms with E-state index in [9.17, 15) is 0 Å². The van der Waals surface area contributed by atoms with E-state index >= 15 is 0 Å². The first-order valence-corrected chi connectivity index (χ1v) is 3.77. The quantitative estimate of drug-likeness (QED) is 0.573. The van der Waals surface area contributed by atoms with Crippen LogP contribution in [-0.4, -0.2) is 25.5 Å². The Kier molecular flexibility index (Phi) is 4.56. The van der Waals surface area contributed by atoms with Crippen molar-refractivity contribution in [3.05, 3.63) is 12.2 Å². The second-order valence-corrected chi connectivity index (χ2v) is 3.12. The highest BCUT2D eigenvalue weighted by atomic mass is 15.0. The Bertz CT molecular complexity index is 165. The average molecular weight is 152 g/mol. The third kappa shape index (κ3) is 4.58. The lowest BCUT2D eigenvalue weighted by atomic mass is 10.00. The van der Waals surface area contributed by atoms with Crippen LogP contribution in [0.1, 0.15) is 13.3 Å². The van der Waals surface area contributed by atoms with Crippen LogP contribution < -0.4 is 0 Å². The standard InChI is InChI=1S/C9H16N2/c1-8(2)9(7-10)5-6-11(3)4/h9H,1,5-6H2,2-4H3. The Hall–Kier alpha value is -0.810. The number of allylic oxidation sites excluding steroid dienone is 1. The summed E-state index contributed by atoms with van der Waals surface area (Å²) in [6.07, 6.45) is 0.888. The number of nitriles is 1. The Labute approximate surface area is 69.1 Å². The molecular formula is C9H16N2. The molecule has 0 radical (unpaired) electrons. The first kappa shape index (κ1) is 10.2. The van der Waals surface area contributed by atoms with Crippen LogP contribution in [0.3, 0.4) is 0 Å². The summed E-state index contributed by atoms with van der Waals surface area (Å²) in [6.45, 7) is 6.62. The van der Waals surface area contributed by atoms with Crippen molar-refractivity contribution in [1.82, 2.24) is 4.90 Å². The number of rotatable bonds is 4. The zero-order valence-corrected chi connectivity index (χ0v) is 7.59. The molecule has 0 rings (SSSR count). The van der Waals surface area contributed by atoms with E-state index in [4.69, 9.17) is 5.26 Å². The molecule has 1 atom stereocenters. The number of hydrogen-bond acceptors (Lipinski definition) is 2. The van der Waals surface area contributed by atoms with Crippen LogP contribution in [0.4, 0.5) is 0 Å². The van der Waals surface area contributed by atoms with Crippen LogP contribution in [0.15, 0.2) is 12.2 Å². The number of nitrogens with zero attached hydrogens (tertiary/aromatic N) is 2. The van der Waals surface area contributed by atoms with Crippen LogP contribution in [0.25, 0.3) is 0 Å². The van der Waals surface area contributed by atoms with Crippen LogP contribution in [-0.2, 0) is 0 Å². The topological polar surface area (TPSA) is 27.0 Å². The van der Waals surface area contributed by atoms with E-state index in [0.29, 0.717) is 0 Å². The second-order valence-electron chi connectivity index (χ2n) is 3.12. The largest absolute Gasteiger partial charge is 0.309 e. The zero-order valence-electron chi connectivity index (χ0n) is 7.59. The van der Waals surface area contributed by atoms with Crippen LogP contribution in [0.2, 0.25) is 0 Å². The summed E-state index contributed by atoms with van der Waals surface area (Å²) in [5, 5.41) is 8.68. The molecule has 0 N–H and O–H groups in total. The van der Waals surface area contributed by atoms with Gasteiger partial charge in [-0.05, 0) is 34.0 Å². The zero-order chi connectivity index (χ0) is 8.85. The SMILES string of the molecule is C=C(C)C(C#N)CCN(C)C. The molecule has 0 aromatic carbocycles. The molecule has 2 nitrogen and oxygen atoms in total. The lowest BCUT2D eigenvalue weighted by molar-refractivity contribution is 0.386. The predicted molar refractivity (Wildman–Crippen MR) is 47.1 cm³/mol. The maximum atomic E-state index is 8.68. The summed E-state index contributed by atoms with van der Waals surface area (Å²) < 4.78 is 0. The molecule has 0 fully saturated rings. The highest BCUT2D eigenvalue weighted by Crippen LogP contribution is 2.11. The minimum atomic E-state index is 0.0254. The Morgan fingerprint density at radius 3 is 2.45 bits per heavy atom. The highest BCUT2D eigenvalue weighted by Gasteiger charge is 2.07. The van der Waals surface area contributed by atoms with Crippen LogP contribution in [0, 0.1) is 17.2 Å². The Morgan fingerprint density at radius 2 is 2.18 bits per heavy atom. The Balaban J connectivity index is 3.73. The smallest absolute Gasteiger partial charge is 0.0700 e. The molecule has 0 amide bonds. The van der Waals surface area contributed by atoms with Gasteiger partial charge in [0.05, 0.1) is 12.0 Å². The van der Waals surface area contributed by atoms with Gasteiger partial charge in [-0.2, -0.15) is 5.26 Å². The lowest BCUT2D eigenvalue weighted by Gasteiger charge is -2.12. The summed E-state index contributed by atoms with van der Waals surface area (Å²) in [5.41, 5.74) is 0.967. The molecule has 0 bridgehead atoms. The van der Waals surface area contributed by atoms with Crippen molar-refractivity contribution in [2.24, 2.45) is 5.92 Å². The van der Waals surface area contributed by atoms with E-state index < -0.39 is 0 Å². The van der Waals surface area contributed by atoms with Gasteiger partial charge < -0.3 is 4.90 Å². The minimum absolute atomic E-state index is 0.0254. The lowest BCUT2D eigenvalue weighted by Crippen LogP contribution is -2.16. The van der Waals surface area contributed by atoms with E-state index in [0.717, 1.165) is 18.5 Å². The van der Waals surface area contributed by atoms with Gasteiger partial charge in [0.1, 0.15) is 0 Å². The molecule has 2 heteroatoms. The summed E-state index contributed by atoms with van der Waals surface area (Å²) in [7, 11) is 4.01. The van der Waals surface area contributed by atoms with Crippen molar-refractivity contribution in [1.29, 1.82) is 5.26 Å². The van der Waals surface area contributed by atoms with Crippen molar-refractivity contribution < 1.29 is 0 Å². The first-order chi connectivity index (χ1) is 5.07. The summed E-state index contributed by atoms with van der Waals surface area (Å²) >= 11 is 0. The molecule has 0 aromatic heterocycles. The highest BCUT2D eigenvalue weighted by molar-refractivity contribution is 5.06. The molecule has 0 aliphatic rings. The van der Waals surface area contributed by atoms with E-state index in [2.05, 4.69) is 17.5 Å². The molecule has 0 spiro atoms. The molecule has 0 aromatic rings. The summed E-state index contributed by atoms with van der Waals surface area (Å²) in [4.78, 5) is 2.08. The fourth-order valence-corrected chi connectivity index (χ4v) is 0.808. The van der Waals surface area contributed by atoms with Crippen LogP contribution in [0.5, 0.6) is 0 Å². The normalized spacial score (nSPS) is 12.6. The first-order valence-electron chi connectivity index (χ1n) is 3.77. The molecule has 0 saturated carbocycles. The van der Waals surface area contributed by atoms with Gasteiger partial charge in [0, 0.05) is 0 Å². The monoisotopic (exact) mass is 152 g/mol. The van der Waals surface area contributed by atoms with Gasteiger partial charge in [-0.1, -0.05) is 12.2 Å². The fourth-order valence-electron chi connectivity index (χ4n) is 0.808. The molecule has 0 aliphatic carbocycles. The molecule has 11 heavy (non-hydrogen) atoms. The average Bonchev–Trinajstić information content (AvgIpc) is 1.87. The summed E-state index contributed by atoms with van der Waals surface area (Å²) in [6, 6.07) is 2.23. The maximum Gasteiger partial charge on any atom is 0.0700 e. The molecule has 0 saturated heterocycles. The van der Waals surface area contributed by atoms with Crippen LogP contribution >= 0.6 is 0 Å². The summed E-state index contributed by atoms with van der Waals surface area (Å²) in [5.74, 6) is 0.0254. The van der Waals surface area contributed by atoms with E-state index in [1.165, 1.54) is 0 Å².